The molecular weight excluding hydrogens is 554 g/mol. The maximum atomic E-state index is 13.0. The molecule has 2 aromatic heterocycles. The summed E-state index contributed by atoms with van der Waals surface area (Å²) < 4.78 is 6.78. The number of aliphatic hydroxyl groups is 1. The average molecular weight is 594 g/mol. The molecular formula is C30H39N7O4S. The highest BCUT2D eigenvalue weighted by Gasteiger charge is 2.41. The minimum atomic E-state index is -0.395. The van der Waals surface area contributed by atoms with Crippen LogP contribution >= 0.6 is 11.3 Å². The van der Waals surface area contributed by atoms with E-state index in [2.05, 4.69) is 37.4 Å². The van der Waals surface area contributed by atoms with Crippen molar-refractivity contribution < 1.29 is 19.4 Å². The van der Waals surface area contributed by atoms with Crippen molar-refractivity contribution >= 4 is 38.6 Å². The molecule has 12 heteroatoms. The highest BCUT2D eigenvalue weighted by Crippen LogP contribution is 2.36. The first kappa shape index (κ1) is 28.9. The molecule has 3 aromatic rings. The molecule has 0 bridgehead atoms. The summed E-state index contributed by atoms with van der Waals surface area (Å²) in [5.74, 6) is 0.592. The molecule has 3 N–H and O–H groups in total. The van der Waals surface area contributed by atoms with E-state index in [0.717, 1.165) is 60.0 Å². The summed E-state index contributed by atoms with van der Waals surface area (Å²) in [6.07, 6.45) is 7.35. The number of nitrogens with one attached hydrogen (secondary N) is 2. The third-order valence-electron chi connectivity index (χ3n) is 8.75. The van der Waals surface area contributed by atoms with Crippen LogP contribution in [0.1, 0.15) is 51.8 Å². The summed E-state index contributed by atoms with van der Waals surface area (Å²) in [5.41, 5.74) is 2.71. The number of thiazole rings is 1. The fourth-order valence-corrected chi connectivity index (χ4v) is 7.17. The van der Waals surface area contributed by atoms with Gasteiger partial charge in [-0.15, -0.1) is 0 Å². The first-order chi connectivity index (χ1) is 20.4. The van der Waals surface area contributed by atoms with Gasteiger partial charge in [0.15, 0.2) is 11.0 Å². The summed E-state index contributed by atoms with van der Waals surface area (Å²) in [6, 6.07) is 6.64. The summed E-state index contributed by atoms with van der Waals surface area (Å²) in [4.78, 5) is 43.1. The smallest absolute Gasteiger partial charge is 0.317 e. The Kier molecular flexibility index (Phi) is 8.66. The minimum Gasteiger partial charge on any atom is -0.390 e. The van der Waals surface area contributed by atoms with Gasteiger partial charge in [0.05, 0.1) is 22.4 Å². The molecule has 2 aliphatic carbocycles. The Morgan fingerprint density at radius 3 is 2.67 bits per heavy atom. The monoisotopic (exact) mass is 593 g/mol. The molecule has 0 spiro atoms. The molecule has 3 amide bonds. The van der Waals surface area contributed by atoms with Crippen LogP contribution in [0, 0.1) is 5.92 Å². The third kappa shape index (κ3) is 6.26. The van der Waals surface area contributed by atoms with Gasteiger partial charge in [0.2, 0.25) is 5.91 Å². The van der Waals surface area contributed by atoms with E-state index in [1.54, 1.807) is 12.4 Å². The van der Waals surface area contributed by atoms with E-state index in [0.29, 0.717) is 36.6 Å². The molecule has 1 aliphatic heterocycles. The minimum absolute atomic E-state index is 0.00569. The second-order valence-corrected chi connectivity index (χ2v) is 12.6. The van der Waals surface area contributed by atoms with Gasteiger partial charge in [-0.3, -0.25) is 9.69 Å². The summed E-state index contributed by atoms with van der Waals surface area (Å²) >= 11 is 1.47. The number of fused-ring (bicyclic) bond motifs is 1. The summed E-state index contributed by atoms with van der Waals surface area (Å²) in [5, 5.41) is 16.5. The van der Waals surface area contributed by atoms with E-state index in [1.807, 2.05) is 30.0 Å². The number of carbonyl (C=O) groups excluding carboxylic acids is 2. The van der Waals surface area contributed by atoms with Gasteiger partial charge < -0.3 is 25.4 Å². The number of carbonyl (C=O) groups is 2. The van der Waals surface area contributed by atoms with Crippen molar-refractivity contribution in [3.63, 3.8) is 0 Å². The number of hydrogen-bond donors (Lipinski definition) is 3. The molecule has 3 fully saturated rings. The lowest BCUT2D eigenvalue weighted by molar-refractivity contribution is -0.125. The predicted octanol–water partition coefficient (Wildman–Crippen LogP) is 3.64. The number of benzene rings is 1. The molecule has 3 aliphatic rings. The Hall–Kier alpha value is -3.19. The van der Waals surface area contributed by atoms with E-state index in [9.17, 15) is 14.7 Å². The standard InChI is InChI=1S/C30H39N7O4S/c1-3-31-30(40)36-9-10-37(18(2)16-36)22-11-20(12-22)28(39)35-29-34-23-8-7-19(13-26(23)42-29)21-14-32-27(33-15-21)17-41-25-6-4-5-24(25)38/h7-8,13-15,18,20,22,24-25,38H,3-6,9-12,16-17H2,1-2H3,(H,31,40)(H,34,35,39)/t18-,20?,22?,24-,25-/m0/s1. The van der Waals surface area contributed by atoms with Crippen molar-refractivity contribution in [1.82, 2.24) is 30.1 Å². The highest BCUT2D eigenvalue weighted by atomic mass is 32.1. The number of ether oxygens (including phenoxy) is 1. The summed E-state index contributed by atoms with van der Waals surface area (Å²) in [7, 11) is 0. The van der Waals surface area contributed by atoms with E-state index in [4.69, 9.17) is 4.74 Å². The maximum Gasteiger partial charge on any atom is 0.317 e. The first-order valence-corrected chi connectivity index (χ1v) is 15.8. The van der Waals surface area contributed by atoms with Crippen molar-refractivity contribution in [2.45, 2.75) is 76.9 Å². The SMILES string of the molecule is CCNC(=O)N1CCN(C2CC(C(=O)Nc3nc4ccc(-c5cnc(CO[C@H]6CCC[C@@H]6O)nc5)cc4s3)C2)[C@@H](C)C1. The molecule has 1 saturated heterocycles. The van der Waals surface area contributed by atoms with E-state index in [-0.39, 0.29) is 36.6 Å². The van der Waals surface area contributed by atoms with E-state index in [1.165, 1.54) is 11.3 Å². The molecule has 42 heavy (non-hydrogen) atoms. The second kappa shape index (κ2) is 12.6. The zero-order chi connectivity index (χ0) is 29.2. The van der Waals surface area contributed by atoms with Crippen LogP contribution < -0.4 is 10.6 Å². The van der Waals surface area contributed by atoms with Gasteiger partial charge in [-0.2, -0.15) is 0 Å². The lowest BCUT2D eigenvalue weighted by Gasteiger charge is -2.49. The van der Waals surface area contributed by atoms with Gasteiger partial charge in [-0.05, 0) is 63.6 Å². The third-order valence-corrected chi connectivity index (χ3v) is 9.68. The second-order valence-electron chi connectivity index (χ2n) is 11.6. The Bertz CT molecular complexity index is 1410. The van der Waals surface area contributed by atoms with Crippen LogP contribution in [0.25, 0.3) is 21.3 Å². The highest BCUT2D eigenvalue weighted by molar-refractivity contribution is 7.22. The van der Waals surface area contributed by atoms with Crippen LogP contribution in [-0.4, -0.2) is 92.3 Å². The van der Waals surface area contributed by atoms with Gasteiger partial charge in [0, 0.05) is 62.1 Å². The number of rotatable bonds is 8. The van der Waals surface area contributed by atoms with Crippen LogP contribution in [0.4, 0.5) is 9.93 Å². The number of urea groups is 1. The van der Waals surface area contributed by atoms with Crippen LogP contribution in [0.2, 0.25) is 0 Å². The summed E-state index contributed by atoms with van der Waals surface area (Å²) in [6.45, 7) is 7.27. The molecule has 224 valence electrons. The number of amides is 3. The van der Waals surface area contributed by atoms with Crippen LogP contribution in [-0.2, 0) is 16.1 Å². The fraction of sp³-hybridized carbons (Fsp3) is 0.567. The molecule has 11 nitrogen and oxygen atoms in total. The molecule has 0 unspecified atom stereocenters. The Morgan fingerprint density at radius 2 is 1.95 bits per heavy atom. The quantitative estimate of drug-likeness (QED) is 0.361. The number of aromatic nitrogens is 3. The zero-order valence-corrected chi connectivity index (χ0v) is 25.0. The molecule has 1 aromatic carbocycles. The van der Waals surface area contributed by atoms with E-state index >= 15 is 0 Å². The van der Waals surface area contributed by atoms with Gasteiger partial charge in [-0.25, -0.2) is 19.7 Å². The predicted molar refractivity (Wildman–Crippen MR) is 161 cm³/mol. The Balaban J connectivity index is 1.00. The van der Waals surface area contributed by atoms with Crippen LogP contribution in [0.5, 0.6) is 0 Å². The normalized spacial score (nSPS) is 26.3. The van der Waals surface area contributed by atoms with Crippen molar-refractivity contribution in [3.8, 4) is 11.1 Å². The molecule has 3 atom stereocenters. The van der Waals surface area contributed by atoms with Crippen LogP contribution in [0.3, 0.4) is 0 Å². The number of piperazine rings is 1. The van der Waals surface area contributed by atoms with Crippen molar-refractivity contribution in [3.05, 3.63) is 36.4 Å². The maximum absolute atomic E-state index is 13.0. The molecule has 0 radical (unpaired) electrons. The van der Waals surface area contributed by atoms with Crippen molar-refractivity contribution in [2.75, 3.05) is 31.5 Å². The number of aliphatic hydroxyl groups excluding tert-OH is 1. The molecule has 3 heterocycles. The molecule has 6 rings (SSSR count). The number of hydrogen-bond acceptors (Lipinski definition) is 9. The zero-order valence-electron chi connectivity index (χ0n) is 24.2. The first-order valence-electron chi connectivity index (χ1n) is 15.0. The van der Waals surface area contributed by atoms with E-state index < -0.39 is 6.10 Å². The largest absolute Gasteiger partial charge is 0.390 e. The lowest BCUT2D eigenvalue weighted by atomic mass is 9.78. The topological polar surface area (TPSA) is 133 Å². The fourth-order valence-electron chi connectivity index (χ4n) is 6.26. The van der Waals surface area contributed by atoms with Crippen molar-refractivity contribution in [1.29, 1.82) is 0 Å². The van der Waals surface area contributed by atoms with Gasteiger partial charge >= 0.3 is 6.03 Å². The van der Waals surface area contributed by atoms with Gasteiger partial charge in [0.1, 0.15) is 6.61 Å². The Morgan fingerprint density at radius 1 is 1.14 bits per heavy atom. The number of anilines is 1. The Labute approximate surface area is 249 Å². The van der Waals surface area contributed by atoms with Crippen LogP contribution in [0.15, 0.2) is 30.6 Å². The number of nitrogens with zero attached hydrogens (tertiary/aromatic N) is 5. The lowest BCUT2D eigenvalue weighted by Crippen LogP contribution is -2.61. The van der Waals surface area contributed by atoms with Gasteiger partial charge in [-0.1, -0.05) is 17.4 Å². The van der Waals surface area contributed by atoms with Gasteiger partial charge in [0.25, 0.3) is 0 Å². The average Bonchev–Trinajstić information content (AvgIpc) is 3.56. The van der Waals surface area contributed by atoms with Crippen molar-refractivity contribution in [2.24, 2.45) is 5.92 Å². The molecule has 2 saturated carbocycles.